The first-order chi connectivity index (χ1) is 10.4. The number of hydrogen-bond acceptors (Lipinski definition) is 4. The van der Waals surface area contributed by atoms with Crippen LogP contribution >= 0.6 is 0 Å². The maximum Gasteiger partial charge on any atom is 0.335 e. The van der Waals surface area contributed by atoms with Crippen molar-refractivity contribution < 1.29 is 9.90 Å². The number of carbonyl (C=O) groups is 1. The van der Waals surface area contributed by atoms with Crippen molar-refractivity contribution in [3.05, 3.63) is 63.1 Å². The van der Waals surface area contributed by atoms with Crippen molar-refractivity contribution >= 4 is 17.1 Å². The van der Waals surface area contributed by atoms with Crippen LogP contribution in [0, 0.1) is 0 Å². The number of aromatic carboxylic acids is 1. The SMILES string of the molecule is Cn1c(=O)c2[nH]cnc2n(C)c1=O.O=C(O)c1ccccc1. The summed E-state index contributed by atoms with van der Waals surface area (Å²) in [4.78, 5) is 39.6. The zero-order chi connectivity index (χ0) is 16.3. The molecule has 0 amide bonds. The molecule has 0 unspecified atom stereocenters. The summed E-state index contributed by atoms with van der Waals surface area (Å²) in [5.41, 5.74) is 0.343. The fourth-order valence-corrected chi connectivity index (χ4v) is 1.85. The number of imidazole rings is 1. The van der Waals surface area contributed by atoms with Gasteiger partial charge in [-0.25, -0.2) is 14.6 Å². The van der Waals surface area contributed by atoms with E-state index in [0.29, 0.717) is 16.7 Å². The van der Waals surface area contributed by atoms with Gasteiger partial charge in [-0.3, -0.25) is 13.9 Å². The Kier molecular flexibility index (Phi) is 4.21. The van der Waals surface area contributed by atoms with Crippen molar-refractivity contribution in [3.8, 4) is 0 Å². The molecule has 2 aromatic heterocycles. The molecule has 0 aliphatic rings. The van der Waals surface area contributed by atoms with Gasteiger partial charge in [0.25, 0.3) is 5.56 Å². The van der Waals surface area contributed by atoms with E-state index in [1.165, 1.54) is 17.9 Å². The summed E-state index contributed by atoms with van der Waals surface area (Å²) in [5, 5.41) is 8.38. The van der Waals surface area contributed by atoms with Crippen molar-refractivity contribution in [3.63, 3.8) is 0 Å². The molecule has 0 atom stereocenters. The molecule has 0 saturated heterocycles. The van der Waals surface area contributed by atoms with Crippen molar-refractivity contribution in [2.45, 2.75) is 0 Å². The molecule has 3 rings (SSSR count). The molecule has 22 heavy (non-hydrogen) atoms. The minimum Gasteiger partial charge on any atom is -0.478 e. The number of nitrogens with one attached hydrogen (secondary N) is 1. The molecule has 0 spiro atoms. The molecule has 2 N–H and O–H groups in total. The molecule has 8 nitrogen and oxygen atoms in total. The van der Waals surface area contributed by atoms with Crippen molar-refractivity contribution in [1.82, 2.24) is 19.1 Å². The van der Waals surface area contributed by atoms with Gasteiger partial charge in [0.15, 0.2) is 5.65 Å². The maximum absolute atomic E-state index is 11.4. The van der Waals surface area contributed by atoms with E-state index >= 15 is 0 Å². The second kappa shape index (κ2) is 6.08. The third kappa shape index (κ3) is 2.80. The second-order valence-corrected chi connectivity index (χ2v) is 4.48. The van der Waals surface area contributed by atoms with Gasteiger partial charge in [-0.1, -0.05) is 18.2 Å². The number of H-pyrrole nitrogens is 1. The van der Waals surface area contributed by atoms with Gasteiger partial charge < -0.3 is 10.1 Å². The number of carboxylic acid groups (broad SMARTS) is 1. The highest BCUT2D eigenvalue weighted by Gasteiger charge is 2.08. The van der Waals surface area contributed by atoms with E-state index in [2.05, 4.69) is 9.97 Å². The number of hydrogen-bond donors (Lipinski definition) is 2. The molecule has 0 bridgehead atoms. The summed E-state index contributed by atoms with van der Waals surface area (Å²) in [6, 6.07) is 8.30. The van der Waals surface area contributed by atoms with Crippen LogP contribution in [0.1, 0.15) is 10.4 Å². The lowest BCUT2D eigenvalue weighted by Gasteiger charge is -2.00. The topological polar surface area (TPSA) is 110 Å². The van der Waals surface area contributed by atoms with Crippen molar-refractivity contribution in [2.24, 2.45) is 14.1 Å². The monoisotopic (exact) mass is 302 g/mol. The molecule has 0 saturated carbocycles. The van der Waals surface area contributed by atoms with Gasteiger partial charge in [0.2, 0.25) is 0 Å². The van der Waals surface area contributed by atoms with Crippen LogP contribution in [0.3, 0.4) is 0 Å². The van der Waals surface area contributed by atoms with Crippen LogP contribution in [0.2, 0.25) is 0 Å². The van der Waals surface area contributed by atoms with Crippen LogP contribution < -0.4 is 11.2 Å². The third-order valence-corrected chi connectivity index (χ3v) is 3.05. The fraction of sp³-hybridized carbons (Fsp3) is 0.143. The van der Waals surface area contributed by atoms with E-state index in [1.54, 1.807) is 37.4 Å². The molecule has 1 aromatic carbocycles. The molecular formula is C14H14N4O4. The number of carboxylic acids is 1. The summed E-state index contributed by atoms with van der Waals surface area (Å²) in [6.45, 7) is 0. The van der Waals surface area contributed by atoms with Gasteiger partial charge in [-0.05, 0) is 12.1 Å². The first-order valence-electron chi connectivity index (χ1n) is 6.31. The molecule has 0 fully saturated rings. The highest BCUT2D eigenvalue weighted by molar-refractivity contribution is 5.87. The van der Waals surface area contributed by atoms with Crippen LogP contribution in [-0.2, 0) is 14.1 Å². The van der Waals surface area contributed by atoms with Gasteiger partial charge in [-0.15, -0.1) is 0 Å². The average molecular weight is 302 g/mol. The molecule has 2 heterocycles. The normalized spacial score (nSPS) is 10.1. The van der Waals surface area contributed by atoms with Crippen molar-refractivity contribution in [1.29, 1.82) is 0 Å². The average Bonchev–Trinajstić information content (AvgIpc) is 3.02. The number of rotatable bonds is 1. The summed E-state index contributed by atoms with van der Waals surface area (Å²) < 4.78 is 2.37. The van der Waals surface area contributed by atoms with E-state index in [1.807, 2.05) is 0 Å². The molecule has 3 aromatic rings. The Labute approximate surface area is 124 Å². The van der Waals surface area contributed by atoms with E-state index in [9.17, 15) is 14.4 Å². The zero-order valence-corrected chi connectivity index (χ0v) is 12.0. The van der Waals surface area contributed by atoms with Gasteiger partial charge >= 0.3 is 11.7 Å². The second-order valence-electron chi connectivity index (χ2n) is 4.48. The number of nitrogens with zero attached hydrogens (tertiary/aromatic N) is 3. The summed E-state index contributed by atoms with van der Waals surface area (Å²) in [5.74, 6) is -0.879. The fourth-order valence-electron chi connectivity index (χ4n) is 1.85. The van der Waals surface area contributed by atoms with E-state index in [4.69, 9.17) is 5.11 Å². The van der Waals surface area contributed by atoms with Crippen molar-refractivity contribution in [2.75, 3.05) is 0 Å². The first kappa shape index (κ1) is 15.2. The van der Waals surface area contributed by atoms with E-state index in [0.717, 1.165) is 4.57 Å². The molecular weight excluding hydrogens is 288 g/mol. The largest absolute Gasteiger partial charge is 0.478 e. The summed E-state index contributed by atoms with van der Waals surface area (Å²) in [7, 11) is 3.01. The Morgan fingerprint density at radius 3 is 2.32 bits per heavy atom. The van der Waals surface area contributed by atoms with Gasteiger partial charge in [0.05, 0.1) is 11.9 Å². The smallest absolute Gasteiger partial charge is 0.335 e. The van der Waals surface area contributed by atoms with Crippen LogP contribution in [0.15, 0.2) is 46.2 Å². The summed E-state index contributed by atoms with van der Waals surface area (Å²) >= 11 is 0. The highest BCUT2D eigenvalue weighted by Crippen LogP contribution is 1.97. The third-order valence-electron chi connectivity index (χ3n) is 3.05. The number of aromatic amines is 1. The lowest BCUT2D eigenvalue weighted by atomic mass is 10.2. The molecule has 0 aliphatic carbocycles. The first-order valence-corrected chi connectivity index (χ1v) is 6.31. The Morgan fingerprint density at radius 2 is 1.77 bits per heavy atom. The zero-order valence-electron chi connectivity index (χ0n) is 12.0. The van der Waals surface area contributed by atoms with Gasteiger partial charge in [0, 0.05) is 14.1 Å². The highest BCUT2D eigenvalue weighted by atomic mass is 16.4. The minimum absolute atomic E-state index is 0.331. The van der Waals surface area contributed by atoms with Gasteiger partial charge in [0.1, 0.15) is 5.52 Å². The Hall–Kier alpha value is -3.16. The van der Waals surface area contributed by atoms with Crippen LogP contribution in [-0.4, -0.2) is 30.2 Å². The van der Waals surface area contributed by atoms with Crippen LogP contribution in [0.25, 0.3) is 11.2 Å². The minimum atomic E-state index is -0.879. The standard InChI is InChI=1S/C7H8N4O2.C7H6O2/c1-10-5-4(8-3-9-5)6(12)11(2)7(10)13;8-7(9)6-4-2-1-3-5-6/h3H,1-2H3,(H,8,9);1-5H,(H,8,9). The summed E-state index contributed by atoms with van der Waals surface area (Å²) in [6.07, 6.45) is 1.39. The number of benzene rings is 1. The van der Waals surface area contributed by atoms with E-state index < -0.39 is 5.97 Å². The molecule has 0 radical (unpaired) electrons. The Balaban J connectivity index is 0.000000172. The number of aryl methyl sites for hydroxylation is 1. The molecule has 8 heteroatoms. The molecule has 114 valence electrons. The lowest BCUT2D eigenvalue weighted by Crippen LogP contribution is -2.36. The number of aromatic nitrogens is 4. The Morgan fingerprint density at radius 1 is 1.14 bits per heavy atom. The lowest BCUT2D eigenvalue weighted by molar-refractivity contribution is 0.0697. The number of fused-ring (bicyclic) bond motifs is 1. The predicted molar refractivity (Wildman–Crippen MR) is 80.0 cm³/mol. The van der Waals surface area contributed by atoms with E-state index in [-0.39, 0.29) is 11.2 Å². The Bertz CT molecular complexity index is 921. The maximum atomic E-state index is 11.4. The van der Waals surface area contributed by atoms with Gasteiger partial charge in [-0.2, -0.15) is 0 Å². The van der Waals surface area contributed by atoms with Crippen LogP contribution in [0.5, 0.6) is 0 Å². The quantitative estimate of drug-likeness (QED) is 0.673. The predicted octanol–water partition coefficient (Wildman–Crippen LogP) is 0.345. The van der Waals surface area contributed by atoms with Crippen LogP contribution in [0.4, 0.5) is 0 Å². The molecule has 0 aliphatic heterocycles.